The summed E-state index contributed by atoms with van der Waals surface area (Å²) in [6, 6.07) is 13.8. The first-order valence-electron chi connectivity index (χ1n) is 7.51. The molecular weight excluding hydrogens is 278 g/mol. The number of anilines is 2. The van der Waals surface area contributed by atoms with E-state index in [2.05, 4.69) is 33.4 Å². The summed E-state index contributed by atoms with van der Waals surface area (Å²) in [6.45, 7) is 1.05. The molecule has 1 aromatic carbocycles. The number of hydrogen-bond acceptors (Lipinski definition) is 4. The number of pyridine rings is 1. The van der Waals surface area contributed by atoms with Crippen molar-refractivity contribution in [3.63, 3.8) is 0 Å². The average Bonchev–Trinajstić information content (AvgIpc) is 2.59. The van der Waals surface area contributed by atoms with Crippen LogP contribution in [0.3, 0.4) is 0 Å². The van der Waals surface area contributed by atoms with Gasteiger partial charge in [-0.05, 0) is 36.6 Å². The zero-order valence-corrected chi connectivity index (χ0v) is 12.3. The Hall–Kier alpha value is -2.40. The molecule has 0 spiro atoms. The van der Waals surface area contributed by atoms with Gasteiger partial charge >= 0.3 is 0 Å². The number of benzene rings is 1. The third-order valence-corrected chi connectivity index (χ3v) is 3.75. The highest BCUT2D eigenvalue weighted by atomic mass is 16.3. The third kappa shape index (κ3) is 2.94. The molecule has 5 nitrogen and oxygen atoms in total. The number of aryl methyl sites for hydroxylation is 1. The number of nitrogens with zero attached hydrogens (tertiary/aromatic N) is 2. The van der Waals surface area contributed by atoms with Crippen LogP contribution in [-0.2, 0) is 6.42 Å². The number of para-hydroxylation sites is 1. The number of aliphatic hydroxyl groups is 1. The van der Waals surface area contributed by atoms with Crippen molar-refractivity contribution in [2.75, 3.05) is 24.6 Å². The molecule has 0 fully saturated rings. The van der Waals surface area contributed by atoms with E-state index in [0.717, 1.165) is 30.9 Å². The molecule has 0 saturated carbocycles. The molecule has 114 valence electrons. The molecule has 2 aromatic rings. The quantitative estimate of drug-likeness (QED) is 0.904. The number of aromatic nitrogens is 1. The van der Waals surface area contributed by atoms with Crippen LogP contribution < -0.4 is 10.2 Å². The molecule has 1 aliphatic rings. The first kappa shape index (κ1) is 14.5. The molecule has 0 saturated heterocycles. The van der Waals surface area contributed by atoms with Crippen LogP contribution in [0.15, 0.2) is 42.5 Å². The maximum Gasteiger partial charge on any atom is 0.270 e. The maximum absolute atomic E-state index is 12.0. The van der Waals surface area contributed by atoms with Crippen molar-refractivity contribution in [3.05, 3.63) is 53.7 Å². The van der Waals surface area contributed by atoms with Gasteiger partial charge in [-0.15, -0.1) is 0 Å². The zero-order valence-electron chi connectivity index (χ0n) is 12.3. The predicted molar refractivity (Wildman–Crippen MR) is 85.4 cm³/mol. The second-order valence-corrected chi connectivity index (χ2v) is 5.24. The minimum absolute atomic E-state index is 0.0784. The van der Waals surface area contributed by atoms with Crippen molar-refractivity contribution < 1.29 is 9.90 Å². The van der Waals surface area contributed by atoms with Crippen LogP contribution in [0.5, 0.6) is 0 Å². The topological polar surface area (TPSA) is 65.5 Å². The van der Waals surface area contributed by atoms with E-state index in [1.54, 1.807) is 6.07 Å². The Balaban J connectivity index is 1.89. The van der Waals surface area contributed by atoms with Gasteiger partial charge < -0.3 is 15.3 Å². The lowest BCUT2D eigenvalue weighted by Gasteiger charge is -2.30. The Morgan fingerprint density at radius 1 is 1.23 bits per heavy atom. The van der Waals surface area contributed by atoms with E-state index in [1.165, 1.54) is 5.56 Å². The lowest BCUT2D eigenvalue weighted by molar-refractivity contribution is 0.0940. The van der Waals surface area contributed by atoms with Gasteiger partial charge in [0.15, 0.2) is 0 Å². The van der Waals surface area contributed by atoms with E-state index in [-0.39, 0.29) is 19.1 Å². The highest BCUT2D eigenvalue weighted by Crippen LogP contribution is 2.32. The number of aliphatic hydroxyl groups excluding tert-OH is 1. The molecular formula is C17H19N3O2. The zero-order chi connectivity index (χ0) is 15.4. The van der Waals surface area contributed by atoms with Gasteiger partial charge in [-0.2, -0.15) is 0 Å². The standard InChI is InChI=1S/C17H19N3O2/c21-12-10-18-17(22)14-7-3-9-16(19-14)20-11-4-6-13-5-1-2-8-15(13)20/h1-3,5,7-9,21H,4,6,10-12H2,(H,18,22). The molecule has 22 heavy (non-hydrogen) atoms. The summed E-state index contributed by atoms with van der Waals surface area (Å²) in [6.07, 6.45) is 2.14. The first-order chi connectivity index (χ1) is 10.8. The number of hydrogen-bond donors (Lipinski definition) is 2. The molecule has 5 heteroatoms. The minimum Gasteiger partial charge on any atom is -0.395 e. The lowest BCUT2D eigenvalue weighted by atomic mass is 10.0. The number of carbonyl (C=O) groups excluding carboxylic acids is 1. The highest BCUT2D eigenvalue weighted by Gasteiger charge is 2.19. The SMILES string of the molecule is O=C(NCCO)c1cccc(N2CCCc3ccccc32)n1. The average molecular weight is 297 g/mol. The van der Waals surface area contributed by atoms with Crippen molar-refractivity contribution in [2.45, 2.75) is 12.8 Å². The summed E-state index contributed by atoms with van der Waals surface area (Å²) < 4.78 is 0. The monoisotopic (exact) mass is 297 g/mol. The predicted octanol–water partition coefficient (Wildman–Crippen LogP) is 1.89. The summed E-state index contributed by atoms with van der Waals surface area (Å²) in [5.74, 6) is 0.519. The van der Waals surface area contributed by atoms with Crippen molar-refractivity contribution in [1.29, 1.82) is 0 Å². The van der Waals surface area contributed by atoms with Crippen molar-refractivity contribution in [3.8, 4) is 0 Å². The fourth-order valence-electron chi connectivity index (χ4n) is 2.73. The molecule has 1 aromatic heterocycles. The van der Waals surface area contributed by atoms with Crippen LogP contribution in [0.4, 0.5) is 11.5 Å². The van der Waals surface area contributed by atoms with Gasteiger partial charge in [0, 0.05) is 18.8 Å². The van der Waals surface area contributed by atoms with Crippen molar-refractivity contribution in [1.82, 2.24) is 10.3 Å². The van der Waals surface area contributed by atoms with Gasteiger partial charge in [0.25, 0.3) is 5.91 Å². The van der Waals surface area contributed by atoms with Gasteiger partial charge in [0.1, 0.15) is 11.5 Å². The number of amides is 1. The van der Waals surface area contributed by atoms with Gasteiger partial charge in [0.2, 0.25) is 0 Å². The van der Waals surface area contributed by atoms with E-state index in [1.807, 2.05) is 18.2 Å². The Kier molecular flexibility index (Phi) is 4.34. The smallest absolute Gasteiger partial charge is 0.270 e. The number of nitrogens with one attached hydrogen (secondary N) is 1. The summed E-state index contributed by atoms with van der Waals surface area (Å²) in [4.78, 5) is 18.6. The number of carbonyl (C=O) groups is 1. The first-order valence-corrected chi connectivity index (χ1v) is 7.51. The maximum atomic E-state index is 12.0. The number of rotatable bonds is 4. The second kappa shape index (κ2) is 6.58. The highest BCUT2D eigenvalue weighted by molar-refractivity contribution is 5.92. The number of fused-ring (bicyclic) bond motifs is 1. The summed E-state index contributed by atoms with van der Waals surface area (Å²) in [5.41, 5.74) is 2.84. The largest absolute Gasteiger partial charge is 0.395 e. The Morgan fingerprint density at radius 3 is 2.95 bits per heavy atom. The molecule has 0 unspecified atom stereocenters. The van der Waals surface area contributed by atoms with Crippen LogP contribution in [0.25, 0.3) is 0 Å². The van der Waals surface area contributed by atoms with E-state index < -0.39 is 0 Å². The molecule has 0 atom stereocenters. The van der Waals surface area contributed by atoms with Gasteiger partial charge in [-0.1, -0.05) is 24.3 Å². The molecule has 0 bridgehead atoms. The van der Waals surface area contributed by atoms with E-state index in [4.69, 9.17) is 5.11 Å². The van der Waals surface area contributed by atoms with Gasteiger partial charge in [-0.3, -0.25) is 4.79 Å². The Bertz CT molecular complexity index is 672. The molecule has 3 rings (SSSR count). The van der Waals surface area contributed by atoms with Crippen molar-refractivity contribution >= 4 is 17.4 Å². The molecule has 1 amide bonds. The van der Waals surface area contributed by atoms with Gasteiger partial charge in [-0.25, -0.2) is 4.98 Å². The van der Waals surface area contributed by atoms with Crippen LogP contribution in [0, 0.1) is 0 Å². The molecule has 2 N–H and O–H groups in total. The molecule has 2 heterocycles. The third-order valence-electron chi connectivity index (χ3n) is 3.75. The van der Waals surface area contributed by atoms with Crippen LogP contribution >= 0.6 is 0 Å². The van der Waals surface area contributed by atoms with Crippen LogP contribution in [-0.4, -0.2) is 35.7 Å². The molecule has 1 aliphatic heterocycles. The van der Waals surface area contributed by atoms with E-state index in [0.29, 0.717) is 5.69 Å². The summed E-state index contributed by atoms with van der Waals surface area (Å²) in [7, 11) is 0. The van der Waals surface area contributed by atoms with Crippen LogP contribution in [0.1, 0.15) is 22.5 Å². The second-order valence-electron chi connectivity index (χ2n) is 5.24. The summed E-state index contributed by atoms with van der Waals surface area (Å²) in [5, 5.41) is 11.4. The summed E-state index contributed by atoms with van der Waals surface area (Å²) >= 11 is 0. The van der Waals surface area contributed by atoms with Crippen molar-refractivity contribution in [2.24, 2.45) is 0 Å². The van der Waals surface area contributed by atoms with Gasteiger partial charge in [0.05, 0.1) is 6.61 Å². The Labute approximate surface area is 129 Å². The minimum atomic E-state index is -0.263. The molecule has 0 aliphatic carbocycles. The Morgan fingerprint density at radius 2 is 2.09 bits per heavy atom. The van der Waals surface area contributed by atoms with Crippen LogP contribution in [0.2, 0.25) is 0 Å². The van der Waals surface area contributed by atoms with E-state index in [9.17, 15) is 4.79 Å². The lowest BCUT2D eigenvalue weighted by Crippen LogP contribution is -2.29. The fourth-order valence-corrected chi connectivity index (χ4v) is 2.73. The normalized spacial score (nSPS) is 13.6. The fraction of sp³-hybridized carbons (Fsp3) is 0.294. The van der Waals surface area contributed by atoms with E-state index >= 15 is 0 Å². The molecule has 0 radical (unpaired) electrons.